The van der Waals surface area contributed by atoms with Crippen LogP contribution in [0.2, 0.25) is 0 Å². The third kappa shape index (κ3) is 5.81. The lowest BCUT2D eigenvalue weighted by Gasteiger charge is -2.42. The first-order chi connectivity index (χ1) is 14.2. The normalized spacial score (nSPS) is 18.7. The van der Waals surface area contributed by atoms with Crippen molar-refractivity contribution < 1.29 is 27.8 Å². The number of hydrogen-bond acceptors (Lipinski definition) is 2. The Morgan fingerprint density at radius 1 is 1.13 bits per heavy atom. The lowest BCUT2D eigenvalue weighted by Crippen LogP contribution is -2.34. The molecule has 1 aromatic rings. The Morgan fingerprint density at radius 2 is 1.68 bits per heavy atom. The van der Waals surface area contributed by atoms with Crippen LogP contribution in [0.3, 0.4) is 0 Å². The maximum Gasteiger partial charge on any atom is 0.417 e. The van der Waals surface area contributed by atoms with Gasteiger partial charge in [-0.25, -0.2) is 4.79 Å². The maximum absolute atomic E-state index is 14.1. The van der Waals surface area contributed by atoms with E-state index >= 15 is 0 Å². The van der Waals surface area contributed by atoms with Gasteiger partial charge >= 0.3 is 12.1 Å². The molecule has 3 nitrogen and oxygen atoms in total. The fourth-order valence-electron chi connectivity index (χ4n) is 3.96. The average Bonchev–Trinajstić information content (AvgIpc) is 2.61. The van der Waals surface area contributed by atoms with Gasteiger partial charge in [-0.05, 0) is 72.4 Å². The van der Waals surface area contributed by atoms with E-state index in [9.17, 15) is 18.0 Å². The Morgan fingerprint density at radius 3 is 2.16 bits per heavy atom. The van der Waals surface area contributed by atoms with Crippen molar-refractivity contribution in [2.75, 3.05) is 6.61 Å². The molecule has 1 aliphatic rings. The maximum atomic E-state index is 14.1. The van der Waals surface area contributed by atoms with E-state index in [0.29, 0.717) is 5.57 Å². The number of rotatable bonds is 6. The number of halogens is 3. The number of alkyl halides is 3. The predicted molar refractivity (Wildman–Crippen MR) is 117 cm³/mol. The van der Waals surface area contributed by atoms with Crippen molar-refractivity contribution in [2.45, 2.75) is 71.4 Å². The molecule has 0 bridgehead atoms. The molecule has 0 fully saturated rings. The summed E-state index contributed by atoms with van der Waals surface area (Å²) in [6, 6.07) is 3.41. The summed E-state index contributed by atoms with van der Waals surface area (Å²) in [6.45, 7) is 11.8. The van der Waals surface area contributed by atoms with Crippen LogP contribution in [-0.4, -0.2) is 23.9 Å². The van der Waals surface area contributed by atoms with Crippen LogP contribution in [-0.2, 0) is 15.6 Å². The summed E-state index contributed by atoms with van der Waals surface area (Å²) in [5.74, 6) is -0.942. The fourth-order valence-corrected chi connectivity index (χ4v) is 3.96. The molecule has 0 heterocycles. The molecular weight excluding hydrogens is 405 g/mol. The first kappa shape index (κ1) is 24.8. The van der Waals surface area contributed by atoms with Gasteiger partial charge in [-0.15, -0.1) is 0 Å². The van der Waals surface area contributed by atoms with Gasteiger partial charge in [-0.3, -0.25) is 0 Å². The zero-order valence-corrected chi connectivity index (χ0v) is 19.0. The van der Waals surface area contributed by atoms with Gasteiger partial charge in [0.1, 0.15) is 5.75 Å². The number of ether oxygens (including phenoxy) is 1. The largest absolute Gasteiger partial charge is 0.493 e. The van der Waals surface area contributed by atoms with Crippen LogP contribution in [0.25, 0.3) is 5.57 Å². The van der Waals surface area contributed by atoms with Gasteiger partial charge in [0.2, 0.25) is 0 Å². The average molecular weight is 437 g/mol. The molecule has 2 rings (SSSR count). The zero-order chi connectivity index (χ0) is 23.6. The van der Waals surface area contributed by atoms with E-state index in [2.05, 4.69) is 27.7 Å². The van der Waals surface area contributed by atoms with Crippen molar-refractivity contribution in [2.24, 2.45) is 0 Å². The topological polar surface area (TPSA) is 46.5 Å². The summed E-state index contributed by atoms with van der Waals surface area (Å²) in [4.78, 5) is 10.7. The molecule has 0 unspecified atom stereocenters. The Labute approximate surface area is 182 Å². The lowest BCUT2D eigenvalue weighted by molar-refractivity contribution is -0.131. The molecule has 0 saturated heterocycles. The van der Waals surface area contributed by atoms with Gasteiger partial charge in [-0.1, -0.05) is 39.8 Å². The van der Waals surface area contributed by atoms with Crippen molar-refractivity contribution in [3.63, 3.8) is 0 Å². The summed E-state index contributed by atoms with van der Waals surface area (Å²) in [7, 11) is 0. The smallest absolute Gasteiger partial charge is 0.417 e. The van der Waals surface area contributed by atoms with E-state index < -0.39 is 17.7 Å². The minimum absolute atomic E-state index is 0.00314. The first-order valence-corrected chi connectivity index (χ1v) is 10.4. The van der Waals surface area contributed by atoms with E-state index in [4.69, 9.17) is 9.84 Å². The molecule has 0 radical (unpaired) electrons. The molecule has 0 saturated carbocycles. The van der Waals surface area contributed by atoms with Gasteiger partial charge in [0.15, 0.2) is 0 Å². The fraction of sp³-hybridized carbons (Fsp3) is 0.480. The molecular formula is C25H31F3O3. The Balaban J connectivity index is 2.72. The van der Waals surface area contributed by atoms with E-state index in [1.54, 1.807) is 19.1 Å². The second-order valence-electron chi connectivity index (χ2n) is 9.26. The molecule has 31 heavy (non-hydrogen) atoms. The number of carboxylic acids is 1. The third-order valence-corrected chi connectivity index (χ3v) is 5.82. The molecule has 0 atom stereocenters. The standard InChI is InChI=1S/C25H31F3O3/c1-7-31-21-15-20-19(23(3,4)11-12-24(20,5)6)14-17(21)18(25(26,27)28)10-8-9-16(2)13-22(29)30/h8-10,13-15H,7,11-12H2,1-6H3,(H,29,30). The molecule has 1 N–H and O–H groups in total. The minimum Gasteiger partial charge on any atom is -0.493 e. The number of benzene rings is 1. The number of allylic oxidation sites excluding steroid dienone is 5. The molecule has 0 amide bonds. The van der Waals surface area contributed by atoms with Gasteiger partial charge in [0, 0.05) is 11.6 Å². The summed E-state index contributed by atoms with van der Waals surface area (Å²) < 4.78 is 47.9. The highest BCUT2D eigenvalue weighted by Gasteiger charge is 2.41. The van der Waals surface area contributed by atoms with Gasteiger partial charge in [0.05, 0.1) is 12.2 Å². The minimum atomic E-state index is -4.61. The van der Waals surface area contributed by atoms with Crippen LogP contribution in [0.5, 0.6) is 5.75 Å². The van der Waals surface area contributed by atoms with Crippen molar-refractivity contribution in [1.82, 2.24) is 0 Å². The number of carbonyl (C=O) groups is 1. The highest BCUT2D eigenvalue weighted by molar-refractivity contribution is 5.81. The van der Waals surface area contributed by atoms with Gasteiger partial charge in [0.25, 0.3) is 0 Å². The van der Waals surface area contributed by atoms with Gasteiger partial charge in [-0.2, -0.15) is 13.2 Å². The zero-order valence-electron chi connectivity index (χ0n) is 19.0. The van der Waals surface area contributed by atoms with Gasteiger partial charge < -0.3 is 9.84 Å². The van der Waals surface area contributed by atoms with Crippen LogP contribution in [0, 0.1) is 0 Å². The Bertz CT molecular complexity index is 932. The molecule has 0 aromatic heterocycles. The second kappa shape index (κ2) is 8.93. The predicted octanol–water partition coefficient (Wildman–Crippen LogP) is 6.97. The quantitative estimate of drug-likeness (QED) is 0.387. The van der Waals surface area contributed by atoms with Crippen LogP contribution in [0.15, 0.2) is 42.0 Å². The summed E-state index contributed by atoms with van der Waals surface area (Å²) in [5.41, 5.74) is 1.04. The molecule has 6 heteroatoms. The first-order valence-electron chi connectivity index (χ1n) is 10.4. The SMILES string of the molecule is CCOc1cc2c(cc1C(=CC=CC(C)=CC(=O)O)C(F)(F)F)C(C)(C)CCC2(C)C. The highest BCUT2D eigenvalue weighted by Crippen LogP contribution is 2.50. The molecule has 0 spiro atoms. The lowest BCUT2D eigenvalue weighted by atomic mass is 9.62. The number of hydrogen-bond donors (Lipinski definition) is 1. The van der Waals surface area contributed by atoms with Crippen LogP contribution < -0.4 is 4.74 Å². The summed E-state index contributed by atoms with van der Waals surface area (Å²) in [5, 5.41) is 8.78. The number of fused-ring (bicyclic) bond motifs is 1. The van der Waals surface area contributed by atoms with Crippen LogP contribution in [0.4, 0.5) is 13.2 Å². The molecule has 1 aromatic carbocycles. The van der Waals surface area contributed by atoms with Crippen molar-refractivity contribution in [1.29, 1.82) is 0 Å². The number of carboxylic acid groups (broad SMARTS) is 1. The van der Waals surface area contributed by atoms with E-state index in [-0.39, 0.29) is 28.7 Å². The van der Waals surface area contributed by atoms with E-state index in [1.165, 1.54) is 19.1 Å². The van der Waals surface area contributed by atoms with Crippen LogP contribution in [0.1, 0.15) is 71.1 Å². The third-order valence-electron chi connectivity index (χ3n) is 5.82. The van der Waals surface area contributed by atoms with Crippen molar-refractivity contribution in [3.05, 3.63) is 58.7 Å². The Kier molecular flexibility index (Phi) is 7.14. The van der Waals surface area contributed by atoms with Crippen molar-refractivity contribution in [3.8, 4) is 5.75 Å². The monoisotopic (exact) mass is 436 g/mol. The molecule has 0 aliphatic heterocycles. The number of aliphatic carboxylic acids is 1. The van der Waals surface area contributed by atoms with E-state index in [1.807, 2.05) is 0 Å². The summed E-state index contributed by atoms with van der Waals surface area (Å²) in [6.07, 6.45) is 1.69. The summed E-state index contributed by atoms with van der Waals surface area (Å²) >= 11 is 0. The van der Waals surface area contributed by atoms with Crippen molar-refractivity contribution >= 4 is 11.5 Å². The highest BCUT2D eigenvalue weighted by atomic mass is 19.4. The second-order valence-corrected chi connectivity index (χ2v) is 9.26. The van der Waals surface area contributed by atoms with E-state index in [0.717, 1.165) is 36.1 Å². The Hall–Kier alpha value is -2.50. The molecule has 170 valence electrons. The molecule has 1 aliphatic carbocycles. The van der Waals surface area contributed by atoms with Crippen LogP contribution >= 0.6 is 0 Å².